The van der Waals surface area contributed by atoms with Gasteiger partial charge in [-0.15, -0.1) is 11.3 Å². The summed E-state index contributed by atoms with van der Waals surface area (Å²) in [5.74, 6) is -1.13. The molecule has 0 saturated heterocycles. The highest BCUT2D eigenvalue weighted by Crippen LogP contribution is 2.44. The lowest BCUT2D eigenvalue weighted by Crippen LogP contribution is -2.26. The topological polar surface area (TPSA) is 108 Å². The molecule has 8 nitrogen and oxygen atoms in total. The predicted octanol–water partition coefficient (Wildman–Crippen LogP) is 5.01. The number of rotatable bonds is 6. The van der Waals surface area contributed by atoms with E-state index in [1.165, 1.54) is 23.8 Å². The number of esters is 2. The highest BCUT2D eigenvalue weighted by molar-refractivity contribution is 7.17. The fourth-order valence-corrected chi connectivity index (χ4v) is 5.52. The number of nitrogens with one attached hydrogen (secondary N) is 1. The smallest absolute Gasteiger partial charge is 0.341 e. The van der Waals surface area contributed by atoms with Crippen LogP contribution in [0.3, 0.4) is 0 Å². The first-order valence-corrected chi connectivity index (χ1v) is 12.1. The zero-order chi connectivity index (χ0) is 24.5. The van der Waals surface area contributed by atoms with Crippen LogP contribution in [-0.2, 0) is 27.1 Å². The van der Waals surface area contributed by atoms with E-state index in [2.05, 4.69) is 31.1 Å². The number of nitrogens with zero attached hydrogens (tertiary/aromatic N) is 1. The predicted molar refractivity (Wildman–Crippen MR) is 128 cm³/mol. The quantitative estimate of drug-likeness (QED) is 0.490. The molecule has 1 aliphatic rings. The van der Waals surface area contributed by atoms with Crippen molar-refractivity contribution in [3.8, 4) is 0 Å². The molecule has 9 heteroatoms. The average Bonchev–Trinajstić information content (AvgIpc) is 3.39. The molecule has 4 rings (SSSR count). The number of benzene rings is 1. The van der Waals surface area contributed by atoms with Gasteiger partial charge in [-0.2, -0.15) is 0 Å². The fourth-order valence-electron chi connectivity index (χ4n) is 4.19. The molecule has 2 aromatic heterocycles. The molecule has 2 heterocycles. The lowest BCUT2D eigenvalue weighted by molar-refractivity contribution is -0.119. The summed E-state index contributed by atoms with van der Waals surface area (Å²) in [6.07, 6.45) is 3.88. The van der Waals surface area contributed by atoms with Gasteiger partial charge in [-0.1, -0.05) is 20.8 Å². The maximum absolute atomic E-state index is 12.7. The Kier molecular flexibility index (Phi) is 6.74. The summed E-state index contributed by atoms with van der Waals surface area (Å²) >= 11 is 1.40. The van der Waals surface area contributed by atoms with Crippen molar-refractivity contribution in [3.05, 3.63) is 46.2 Å². The monoisotopic (exact) mass is 484 g/mol. The summed E-state index contributed by atoms with van der Waals surface area (Å²) in [5.41, 5.74) is 2.86. The van der Waals surface area contributed by atoms with E-state index in [-0.39, 0.29) is 17.6 Å². The first-order chi connectivity index (χ1) is 16.2. The van der Waals surface area contributed by atoms with Crippen LogP contribution < -0.4 is 5.32 Å². The van der Waals surface area contributed by atoms with Crippen LogP contribution >= 0.6 is 11.3 Å². The van der Waals surface area contributed by atoms with Crippen LogP contribution in [0.1, 0.15) is 65.3 Å². The molecule has 0 saturated carbocycles. The van der Waals surface area contributed by atoms with Gasteiger partial charge in [-0.3, -0.25) is 4.79 Å². The summed E-state index contributed by atoms with van der Waals surface area (Å²) in [6, 6.07) is 4.71. The van der Waals surface area contributed by atoms with Crippen molar-refractivity contribution in [2.45, 2.75) is 47.0 Å². The number of fused-ring (bicyclic) bond motifs is 2. The number of thiophene rings is 1. The van der Waals surface area contributed by atoms with Gasteiger partial charge in [0.2, 0.25) is 0 Å². The standard InChI is InChI=1S/C25H28N2O6S/c1-5-31-24(30)21-16-8-7-15(25(2,3)4)11-19(16)34-22(21)27-20(28)12-32-23(29)14-6-9-17-18(10-14)33-13-26-17/h6,9-10,13,15H,5,7-8,11-12H2,1-4H3,(H,27,28). The van der Waals surface area contributed by atoms with Crippen molar-refractivity contribution in [3.63, 3.8) is 0 Å². The minimum absolute atomic E-state index is 0.151. The van der Waals surface area contributed by atoms with Crippen molar-refractivity contribution >= 4 is 45.3 Å². The second-order valence-electron chi connectivity index (χ2n) is 9.39. The molecule has 1 atom stereocenters. The van der Waals surface area contributed by atoms with E-state index in [0.717, 1.165) is 29.7 Å². The number of carbonyl (C=O) groups excluding carboxylic acids is 3. The molecule has 0 aliphatic heterocycles. The van der Waals surface area contributed by atoms with E-state index in [4.69, 9.17) is 13.9 Å². The van der Waals surface area contributed by atoms with Gasteiger partial charge in [0.15, 0.2) is 18.6 Å². The minimum atomic E-state index is -0.655. The van der Waals surface area contributed by atoms with Crippen LogP contribution in [0.2, 0.25) is 0 Å². The highest BCUT2D eigenvalue weighted by atomic mass is 32.1. The number of ether oxygens (including phenoxy) is 2. The van der Waals surface area contributed by atoms with E-state index in [0.29, 0.717) is 27.6 Å². The second kappa shape index (κ2) is 9.58. The SMILES string of the molecule is CCOC(=O)c1c(NC(=O)COC(=O)c2ccc3ncoc3c2)sc2c1CCC(C(C)(C)C)C2. The zero-order valence-corrected chi connectivity index (χ0v) is 20.5. The molecular weight excluding hydrogens is 456 g/mol. The Balaban J connectivity index is 1.47. The van der Waals surface area contributed by atoms with Gasteiger partial charge < -0.3 is 19.2 Å². The molecule has 0 spiro atoms. The Morgan fingerprint density at radius 3 is 2.74 bits per heavy atom. The van der Waals surface area contributed by atoms with Gasteiger partial charge in [-0.25, -0.2) is 14.6 Å². The molecule has 0 fully saturated rings. The van der Waals surface area contributed by atoms with Gasteiger partial charge in [0.05, 0.1) is 17.7 Å². The van der Waals surface area contributed by atoms with Crippen LogP contribution in [0.5, 0.6) is 0 Å². The van der Waals surface area contributed by atoms with E-state index in [9.17, 15) is 14.4 Å². The largest absolute Gasteiger partial charge is 0.462 e. The molecule has 1 unspecified atom stereocenters. The third-order valence-corrected chi connectivity index (χ3v) is 7.29. The Bertz CT molecular complexity index is 1240. The van der Waals surface area contributed by atoms with E-state index >= 15 is 0 Å². The van der Waals surface area contributed by atoms with Crippen LogP contribution in [-0.4, -0.2) is 36.0 Å². The summed E-state index contributed by atoms with van der Waals surface area (Å²) in [5, 5.41) is 3.21. The first kappa shape index (κ1) is 23.9. The molecule has 1 amide bonds. The summed E-state index contributed by atoms with van der Waals surface area (Å²) in [7, 11) is 0. The van der Waals surface area contributed by atoms with Crippen LogP contribution in [0, 0.1) is 11.3 Å². The number of oxazole rings is 1. The first-order valence-electron chi connectivity index (χ1n) is 11.3. The molecule has 3 aromatic rings. The van der Waals surface area contributed by atoms with Gasteiger partial charge in [0, 0.05) is 4.88 Å². The van der Waals surface area contributed by atoms with E-state index < -0.39 is 24.5 Å². The molecule has 0 bridgehead atoms. The molecule has 1 N–H and O–H groups in total. The maximum atomic E-state index is 12.7. The summed E-state index contributed by atoms with van der Waals surface area (Å²) in [6.45, 7) is 8.18. The van der Waals surface area contributed by atoms with Crippen molar-refractivity contribution < 1.29 is 28.3 Å². The highest BCUT2D eigenvalue weighted by Gasteiger charge is 2.34. The molecule has 1 aliphatic carbocycles. The molecule has 34 heavy (non-hydrogen) atoms. The Morgan fingerprint density at radius 2 is 2.00 bits per heavy atom. The number of carbonyl (C=O) groups is 3. The maximum Gasteiger partial charge on any atom is 0.341 e. The van der Waals surface area contributed by atoms with Gasteiger partial charge in [0.25, 0.3) is 5.91 Å². The van der Waals surface area contributed by atoms with Crippen molar-refractivity contribution in [2.24, 2.45) is 11.3 Å². The number of aromatic nitrogens is 1. The van der Waals surface area contributed by atoms with E-state index in [1.807, 2.05) is 0 Å². The van der Waals surface area contributed by atoms with Crippen molar-refractivity contribution in [1.82, 2.24) is 4.98 Å². The summed E-state index contributed by atoms with van der Waals surface area (Å²) < 4.78 is 15.6. The number of anilines is 1. The lowest BCUT2D eigenvalue weighted by atomic mass is 9.72. The average molecular weight is 485 g/mol. The number of hydrogen-bond donors (Lipinski definition) is 1. The summed E-state index contributed by atoms with van der Waals surface area (Å²) in [4.78, 5) is 42.8. The zero-order valence-electron chi connectivity index (χ0n) is 19.7. The lowest BCUT2D eigenvalue weighted by Gasteiger charge is -2.33. The molecule has 180 valence electrons. The Morgan fingerprint density at radius 1 is 1.21 bits per heavy atom. The van der Waals surface area contributed by atoms with Crippen LogP contribution in [0.4, 0.5) is 5.00 Å². The number of amides is 1. The van der Waals surface area contributed by atoms with Crippen LogP contribution in [0.15, 0.2) is 29.0 Å². The molecule has 0 radical (unpaired) electrons. The van der Waals surface area contributed by atoms with E-state index in [1.54, 1.807) is 19.1 Å². The minimum Gasteiger partial charge on any atom is -0.462 e. The fraction of sp³-hybridized carbons (Fsp3) is 0.440. The van der Waals surface area contributed by atoms with Gasteiger partial charge in [-0.05, 0) is 61.3 Å². The van der Waals surface area contributed by atoms with Gasteiger partial charge >= 0.3 is 11.9 Å². The second-order valence-corrected chi connectivity index (χ2v) is 10.5. The Labute approximate surface area is 201 Å². The van der Waals surface area contributed by atoms with Crippen LogP contribution in [0.25, 0.3) is 11.1 Å². The normalized spacial score (nSPS) is 15.6. The Hall–Kier alpha value is -3.20. The third-order valence-electron chi connectivity index (χ3n) is 6.12. The van der Waals surface area contributed by atoms with Crippen molar-refractivity contribution in [1.29, 1.82) is 0 Å². The van der Waals surface area contributed by atoms with Gasteiger partial charge in [0.1, 0.15) is 10.5 Å². The molecular formula is C25H28N2O6S. The van der Waals surface area contributed by atoms with Crippen molar-refractivity contribution in [2.75, 3.05) is 18.5 Å². The third kappa shape index (κ3) is 4.99. The molecule has 1 aromatic carbocycles. The number of hydrogen-bond acceptors (Lipinski definition) is 8.